The first kappa shape index (κ1) is 16.3. The summed E-state index contributed by atoms with van der Waals surface area (Å²) >= 11 is 1.76. The van der Waals surface area contributed by atoms with Gasteiger partial charge in [-0.15, -0.1) is 11.3 Å². The summed E-state index contributed by atoms with van der Waals surface area (Å²) in [5.41, 5.74) is -0.429. The molecule has 118 valence electrons. The fraction of sp³-hybridized carbons (Fsp3) is 0.688. The maximum atomic E-state index is 12.2. The van der Waals surface area contributed by atoms with E-state index in [0.717, 1.165) is 25.9 Å². The molecule has 1 unspecified atom stereocenters. The molecule has 5 heteroatoms. The number of hydrogen-bond donors (Lipinski definition) is 1. The third-order valence-corrected chi connectivity index (χ3v) is 4.69. The molecule has 1 aromatic heterocycles. The summed E-state index contributed by atoms with van der Waals surface area (Å²) in [5.74, 6) is 0. The van der Waals surface area contributed by atoms with Crippen LogP contribution in [0.5, 0.6) is 0 Å². The average molecular weight is 310 g/mol. The Morgan fingerprint density at radius 3 is 2.95 bits per heavy atom. The molecular weight excluding hydrogens is 284 g/mol. The smallest absolute Gasteiger partial charge is 0.410 e. The molecule has 0 bridgehead atoms. The summed E-state index contributed by atoms with van der Waals surface area (Å²) in [6.45, 7) is 9.51. The van der Waals surface area contributed by atoms with E-state index in [2.05, 4.69) is 29.8 Å². The Balaban J connectivity index is 1.86. The molecule has 2 atom stereocenters. The van der Waals surface area contributed by atoms with Crippen molar-refractivity contribution in [3.05, 3.63) is 22.4 Å². The van der Waals surface area contributed by atoms with Crippen LogP contribution < -0.4 is 5.32 Å². The van der Waals surface area contributed by atoms with E-state index in [-0.39, 0.29) is 12.1 Å². The zero-order valence-electron chi connectivity index (χ0n) is 13.4. The van der Waals surface area contributed by atoms with Crippen molar-refractivity contribution in [3.8, 4) is 0 Å². The monoisotopic (exact) mass is 310 g/mol. The summed E-state index contributed by atoms with van der Waals surface area (Å²) in [7, 11) is 0. The molecule has 2 heterocycles. The van der Waals surface area contributed by atoms with E-state index >= 15 is 0 Å². The van der Waals surface area contributed by atoms with Crippen LogP contribution in [0.1, 0.15) is 51.5 Å². The Kier molecular flexibility index (Phi) is 5.27. The van der Waals surface area contributed by atoms with Gasteiger partial charge in [0.2, 0.25) is 0 Å². The second-order valence-electron chi connectivity index (χ2n) is 6.62. The maximum absolute atomic E-state index is 12.2. The molecule has 21 heavy (non-hydrogen) atoms. The highest BCUT2D eigenvalue weighted by Gasteiger charge is 2.32. The van der Waals surface area contributed by atoms with Gasteiger partial charge in [0.1, 0.15) is 5.60 Å². The third kappa shape index (κ3) is 4.71. The van der Waals surface area contributed by atoms with Crippen LogP contribution in [0.15, 0.2) is 17.5 Å². The maximum Gasteiger partial charge on any atom is 0.410 e. The number of nitrogens with zero attached hydrogens (tertiary/aromatic N) is 1. The van der Waals surface area contributed by atoms with E-state index in [0.29, 0.717) is 6.04 Å². The fourth-order valence-corrected chi connectivity index (χ4v) is 3.32. The second kappa shape index (κ2) is 6.79. The first-order valence-corrected chi connectivity index (χ1v) is 8.51. The van der Waals surface area contributed by atoms with E-state index in [1.165, 1.54) is 4.88 Å². The highest BCUT2D eigenvalue weighted by Crippen LogP contribution is 2.22. The van der Waals surface area contributed by atoms with Gasteiger partial charge in [-0.3, -0.25) is 0 Å². The van der Waals surface area contributed by atoms with Gasteiger partial charge in [0.05, 0.1) is 0 Å². The van der Waals surface area contributed by atoms with Crippen molar-refractivity contribution < 1.29 is 9.53 Å². The topological polar surface area (TPSA) is 41.6 Å². The van der Waals surface area contributed by atoms with Crippen molar-refractivity contribution in [2.75, 3.05) is 13.1 Å². The minimum atomic E-state index is -0.429. The predicted molar refractivity (Wildman–Crippen MR) is 86.7 cm³/mol. The van der Waals surface area contributed by atoms with Crippen molar-refractivity contribution in [1.29, 1.82) is 0 Å². The Morgan fingerprint density at radius 1 is 1.57 bits per heavy atom. The minimum absolute atomic E-state index is 0.185. The van der Waals surface area contributed by atoms with Crippen LogP contribution in [0.3, 0.4) is 0 Å². The highest BCUT2D eigenvalue weighted by molar-refractivity contribution is 7.10. The van der Waals surface area contributed by atoms with Crippen LogP contribution in [-0.4, -0.2) is 35.7 Å². The number of carbonyl (C=O) groups is 1. The van der Waals surface area contributed by atoms with Gasteiger partial charge in [0.25, 0.3) is 0 Å². The van der Waals surface area contributed by atoms with E-state index in [1.54, 1.807) is 11.3 Å². The van der Waals surface area contributed by atoms with Crippen molar-refractivity contribution in [2.24, 2.45) is 0 Å². The van der Waals surface area contributed by atoms with E-state index in [9.17, 15) is 4.79 Å². The molecule has 1 amide bonds. The van der Waals surface area contributed by atoms with Crippen LogP contribution in [0.25, 0.3) is 0 Å². The normalized spacial score (nSPS) is 20.6. The molecule has 0 saturated carbocycles. The van der Waals surface area contributed by atoms with Gasteiger partial charge < -0.3 is 15.0 Å². The molecule has 0 spiro atoms. The number of thiophene rings is 1. The zero-order chi connectivity index (χ0) is 15.5. The van der Waals surface area contributed by atoms with Crippen molar-refractivity contribution in [2.45, 2.75) is 58.2 Å². The summed E-state index contributed by atoms with van der Waals surface area (Å²) in [5, 5.41) is 5.63. The number of amides is 1. The van der Waals surface area contributed by atoms with E-state index in [1.807, 2.05) is 25.7 Å². The Morgan fingerprint density at radius 2 is 2.33 bits per heavy atom. The number of nitrogens with one attached hydrogen (secondary N) is 1. The van der Waals surface area contributed by atoms with Crippen molar-refractivity contribution in [1.82, 2.24) is 10.2 Å². The van der Waals surface area contributed by atoms with Gasteiger partial charge in [-0.05, 0) is 52.0 Å². The summed E-state index contributed by atoms with van der Waals surface area (Å²) < 4.78 is 5.49. The van der Waals surface area contributed by atoms with Crippen LogP contribution in [0.4, 0.5) is 4.79 Å². The molecule has 2 rings (SSSR count). The standard InChI is InChI=1S/C16H26N2O2S/c1-12(14-8-6-10-21-14)17-11-13-7-5-9-18(13)15(19)20-16(2,3)4/h6,8,10,12-13,17H,5,7,9,11H2,1-4H3/t12-,13?/m1/s1. The average Bonchev–Trinajstić information content (AvgIpc) is 3.04. The minimum Gasteiger partial charge on any atom is -0.444 e. The molecule has 1 saturated heterocycles. The molecule has 1 aromatic rings. The SMILES string of the molecule is C[C@@H](NCC1CCCN1C(=O)OC(C)(C)C)c1cccs1. The van der Waals surface area contributed by atoms with Gasteiger partial charge in [0, 0.05) is 30.1 Å². The molecule has 0 aromatic carbocycles. The molecule has 1 aliphatic rings. The Hall–Kier alpha value is -1.07. The van der Waals surface area contributed by atoms with Gasteiger partial charge >= 0.3 is 6.09 Å². The van der Waals surface area contributed by atoms with Gasteiger partial charge in [-0.1, -0.05) is 6.07 Å². The third-order valence-electron chi connectivity index (χ3n) is 3.63. The molecule has 4 nitrogen and oxygen atoms in total. The van der Waals surface area contributed by atoms with E-state index in [4.69, 9.17) is 4.74 Å². The Labute approximate surface area is 131 Å². The van der Waals surface area contributed by atoms with Crippen molar-refractivity contribution in [3.63, 3.8) is 0 Å². The molecular formula is C16H26N2O2S. The molecule has 0 radical (unpaired) electrons. The fourth-order valence-electron chi connectivity index (χ4n) is 2.56. The second-order valence-corrected chi connectivity index (χ2v) is 7.59. The van der Waals surface area contributed by atoms with Crippen LogP contribution in [-0.2, 0) is 4.74 Å². The lowest BCUT2D eigenvalue weighted by Crippen LogP contribution is -2.44. The van der Waals surface area contributed by atoms with Gasteiger partial charge in [-0.25, -0.2) is 4.79 Å². The largest absolute Gasteiger partial charge is 0.444 e. The van der Waals surface area contributed by atoms with Gasteiger partial charge in [0.15, 0.2) is 0 Å². The summed E-state index contributed by atoms with van der Waals surface area (Å²) in [6, 6.07) is 4.77. The van der Waals surface area contributed by atoms with Crippen LogP contribution >= 0.6 is 11.3 Å². The lowest BCUT2D eigenvalue weighted by molar-refractivity contribution is 0.0225. The van der Waals surface area contributed by atoms with Gasteiger partial charge in [-0.2, -0.15) is 0 Å². The van der Waals surface area contributed by atoms with Crippen LogP contribution in [0.2, 0.25) is 0 Å². The quantitative estimate of drug-likeness (QED) is 0.919. The lowest BCUT2D eigenvalue weighted by Gasteiger charge is -2.29. The highest BCUT2D eigenvalue weighted by atomic mass is 32.1. The summed E-state index contributed by atoms with van der Waals surface area (Å²) in [4.78, 5) is 15.4. The number of carbonyl (C=O) groups excluding carboxylic acids is 1. The zero-order valence-corrected chi connectivity index (χ0v) is 14.2. The summed E-state index contributed by atoms with van der Waals surface area (Å²) in [6.07, 6.45) is 1.91. The first-order valence-electron chi connectivity index (χ1n) is 7.63. The lowest BCUT2D eigenvalue weighted by atomic mass is 10.2. The number of hydrogen-bond acceptors (Lipinski definition) is 4. The molecule has 1 fully saturated rings. The Bertz CT molecular complexity index is 453. The molecule has 1 N–H and O–H groups in total. The molecule has 0 aliphatic carbocycles. The number of likely N-dealkylation sites (tertiary alicyclic amines) is 1. The van der Waals surface area contributed by atoms with Crippen molar-refractivity contribution >= 4 is 17.4 Å². The number of rotatable bonds is 4. The predicted octanol–water partition coefficient (Wildman–Crippen LogP) is 3.80. The first-order chi connectivity index (χ1) is 9.87. The van der Waals surface area contributed by atoms with E-state index < -0.39 is 5.60 Å². The molecule has 1 aliphatic heterocycles. The number of ether oxygens (including phenoxy) is 1. The van der Waals surface area contributed by atoms with Crippen LogP contribution in [0, 0.1) is 0 Å².